The number of rotatable bonds is 1. The monoisotopic (exact) mass is 150 g/mol. The number of hydrogen-bond acceptors (Lipinski definition) is 1. The number of nitrogens with two attached hydrogens (primary N) is 1. The van der Waals surface area contributed by atoms with Crippen LogP contribution in [0.1, 0.15) is 24.1 Å². The van der Waals surface area contributed by atoms with Crippen LogP contribution in [0.3, 0.4) is 0 Å². The van der Waals surface area contributed by atoms with Crippen LogP contribution in [0, 0.1) is 6.92 Å². The van der Waals surface area contributed by atoms with E-state index in [2.05, 4.69) is 30.8 Å². The molecule has 1 saturated carbocycles. The highest BCUT2D eigenvalue weighted by atomic mass is 14.9. The summed E-state index contributed by atoms with van der Waals surface area (Å²) in [6.45, 7) is 2.11. The van der Waals surface area contributed by atoms with Gasteiger partial charge in [0.1, 0.15) is 0 Å². The predicted molar refractivity (Wildman–Crippen MR) is 45.2 cm³/mol. The Hall–Kier alpha value is -0.760. The maximum atomic E-state index is 6.04. The van der Waals surface area contributed by atoms with E-state index in [1.807, 2.05) is 0 Å². The summed E-state index contributed by atoms with van der Waals surface area (Å²) in [5.74, 6) is 0. The molecule has 0 saturated heterocycles. The Labute approximate surface area is 67.0 Å². The van der Waals surface area contributed by atoms with Gasteiger partial charge in [0.2, 0.25) is 0 Å². The Kier molecular flexibility index (Phi) is 1.19. The first-order valence-corrected chi connectivity index (χ1v) is 4.04. The largest absolute Gasteiger partial charge is 0.354 e. The molecule has 0 unspecified atom stereocenters. The summed E-state index contributed by atoms with van der Waals surface area (Å²) in [6, 6.07) is 2.19. The van der Waals surface area contributed by atoms with Crippen LogP contribution in [0.4, 0.5) is 0 Å². The van der Waals surface area contributed by atoms with E-state index in [9.17, 15) is 0 Å². The van der Waals surface area contributed by atoms with E-state index in [4.69, 9.17) is 5.73 Å². The molecule has 0 spiro atoms. The quantitative estimate of drug-likeness (QED) is 0.642. The second kappa shape index (κ2) is 1.89. The van der Waals surface area contributed by atoms with Gasteiger partial charge < -0.3 is 10.3 Å². The molecule has 1 aliphatic rings. The average molecular weight is 150 g/mol. The van der Waals surface area contributed by atoms with E-state index >= 15 is 0 Å². The number of hydrogen-bond donors (Lipinski definition) is 1. The normalized spacial score (nSPS) is 20.3. The lowest BCUT2D eigenvalue weighted by molar-refractivity contribution is 0.735. The maximum Gasteiger partial charge on any atom is 0.0426 e. The van der Waals surface area contributed by atoms with Crippen LogP contribution in [-0.2, 0) is 12.6 Å². The molecule has 0 atom stereocenters. The summed E-state index contributed by atoms with van der Waals surface area (Å²) in [7, 11) is 2.06. The first kappa shape index (κ1) is 6.92. The van der Waals surface area contributed by atoms with Crippen molar-refractivity contribution in [1.29, 1.82) is 0 Å². The van der Waals surface area contributed by atoms with Crippen LogP contribution in [-0.4, -0.2) is 4.57 Å². The number of aryl methyl sites for hydroxylation is 2. The third kappa shape index (κ3) is 0.979. The van der Waals surface area contributed by atoms with E-state index in [-0.39, 0.29) is 5.54 Å². The summed E-state index contributed by atoms with van der Waals surface area (Å²) in [4.78, 5) is 0. The highest BCUT2D eigenvalue weighted by Gasteiger charge is 2.40. The first-order valence-electron chi connectivity index (χ1n) is 4.04. The highest BCUT2D eigenvalue weighted by molar-refractivity contribution is 5.30. The zero-order valence-corrected chi connectivity index (χ0v) is 7.09. The molecule has 0 aromatic carbocycles. The van der Waals surface area contributed by atoms with Gasteiger partial charge in [0.25, 0.3) is 0 Å². The lowest BCUT2D eigenvalue weighted by Crippen LogP contribution is -2.17. The van der Waals surface area contributed by atoms with Gasteiger partial charge in [-0.1, -0.05) is 0 Å². The molecule has 0 aliphatic heterocycles. The van der Waals surface area contributed by atoms with Crippen molar-refractivity contribution in [3.8, 4) is 0 Å². The van der Waals surface area contributed by atoms with Gasteiger partial charge in [-0.15, -0.1) is 0 Å². The Bertz CT molecular complexity index is 262. The fourth-order valence-electron chi connectivity index (χ4n) is 1.37. The average Bonchev–Trinajstić information content (AvgIpc) is 2.59. The molecule has 2 N–H and O–H groups in total. The van der Waals surface area contributed by atoms with Crippen LogP contribution >= 0.6 is 0 Å². The Balaban J connectivity index is 2.39. The predicted octanol–water partition coefficient (Wildman–Crippen LogP) is 1.28. The Morgan fingerprint density at radius 3 is 2.55 bits per heavy atom. The molecular formula is C9H14N2. The van der Waals surface area contributed by atoms with Gasteiger partial charge in [-0.3, -0.25) is 0 Å². The third-order valence-corrected chi connectivity index (χ3v) is 2.62. The maximum absolute atomic E-state index is 6.04. The molecule has 2 nitrogen and oxygen atoms in total. The SMILES string of the molecule is Cc1cc(C2(N)CC2)cn1C. The van der Waals surface area contributed by atoms with Crippen LogP contribution < -0.4 is 5.73 Å². The summed E-state index contributed by atoms with van der Waals surface area (Å²) in [6.07, 6.45) is 4.44. The molecular weight excluding hydrogens is 136 g/mol. The van der Waals surface area contributed by atoms with Gasteiger partial charge >= 0.3 is 0 Å². The second-order valence-corrected chi connectivity index (χ2v) is 3.64. The van der Waals surface area contributed by atoms with Gasteiger partial charge in [-0.25, -0.2) is 0 Å². The first-order chi connectivity index (χ1) is 5.12. The molecule has 1 aromatic heterocycles. The van der Waals surface area contributed by atoms with E-state index in [1.54, 1.807) is 0 Å². The van der Waals surface area contributed by atoms with Crippen molar-refractivity contribution in [3.05, 3.63) is 23.5 Å². The zero-order chi connectivity index (χ0) is 8.06. The summed E-state index contributed by atoms with van der Waals surface area (Å²) < 4.78 is 2.13. The molecule has 0 amide bonds. The van der Waals surface area contributed by atoms with Crippen molar-refractivity contribution >= 4 is 0 Å². The Morgan fingerprint density at radius 1 is 1.55 bits per heavy atom. The molecule has 1 heterocycles. The molecule has 2 rings (SSSR count). The van der Waals surface area contributed by atoms with E-state index in [0.29, 0.717) is 0 Å². The molecule has 0 bridgehead atoms. The molecule has 60 valence electrons. The van der Waals surface area contributed by atoms with Crippen LogP contribution in [0.5, 0.6) is 0 Å². The van der Waals surface area contributed by atoms with E-state index < -0.39 is 0 Å². The molecule has 1 aromatic rings. The minimum Gasteiger partial charge on any atom is -0.354 e. The van der Waals surface area contributed by atoms with Crippen LogP contribution in [0.2, 0.25) is 0 Å². The molecule has 11 heavy (non-hydrogen) atoms. The van der Waals surface area contributed by atoms with Crippen molar-refractivity contribution in [2.75, 3.05) is 0 Å². The summed E-state index contributed by atoms with van der Waals surface area (Å²) in [5, 5.41) is 0. The summed E-state index contributed by atoms with van der Waals surface area (Å²) >= 11 is 0. The van der Waals surface area contributed by atoms with E-state index in [1.165, 1.54) is 11.3 Å². The highest BCUT2D eigenvalue weighted by Crippen LogP contribution is 2.42. The minimum atomic E-state index is 0.0337. The van der Waals surface area contributed by atoms with Gasteiger partial charge in [0.15, 0.2) is 0 Å². The van der Waals surface area contributed by atoms with Crippen molar-refractivity contribution in [2.24, 2.45) is 12.8 Å². The van der Waals surface area contributed by atoms with Crippen LogP contribution in [0.15, 0.2) is 12.3 Å². The number of nitrogens with zero attached hydrogens (tertiary/aromatic N) is 1. The van der Waals surface area contributed by atoms with Gasteiger partial charge in [-0.05, 0) is 31.4 Å². The van der Waals surface area contributed by atoms with Crippen molar-refractivity contribution in [2.45, 2.75) is 25.3 Å². The lowest BCUT2D eigenvalue weighted by Gasteiger charge is -2.03. The molecule has 2 heteroatoms. The topological polar surface area (TPSA) is 30.9 Å². The zero-order valence-electron chi connectivity index (χ0n) is 7.09. The van der Waals surface area contributed by atoms with Crippen molar-refractivity contribution in [1.82, 2.24) is 4.57 Å². The van der Waals surface area contributed by atoms with Gasteiger partial charge in [-0.2, -0.15) is 0 Å². The molecule has 0 radical (unpaired) electrons. The van der Waals surface area contributed by atoms with Gasteiger partial charge in [0, 0.05) is 24.5 Å². The lowest BCUT2D eigenvalue weighted by atomic mass is 10.1. The number of aromatic nitrogens is 1. The molecule has 1 aliphatic carbocycles. The fourth-order valence-corrected chi connectivity index (χ4v) is 1.37. The van der Waals surface area contributed by atoms with E-state index in [0.717, 1.165) is 12.8 Å². The second-order valence-electron chi connectivity index (χ2n) is 3.64. The summed E-state index contributed by atoms with van der Waals surface area (Å²) in [5.41, 5.74) is 8.66. The smallest absolute Gasteiger partial charge is 0.0426 e. The van der Waals surface area contributed by atoms with Gasteiger partial charge in [0.05, 0.1) is 0 Å². The molecule has 1 fully saturated rings. The fraction of sp³-hybridized carbons (Fsp3) is 0.556. The Morgan fingerprint density at radius 2 is 2.18 bits per heavy atom. The standard InChI is InChI=1S/C9H14N2/c1-7-5-8(6-11(7)2)9(10)3-4-9/h5-6H,3-4,10H2,1-2H3. The third-order valence-electron chi connectivity index (χ3n) is 2.62. The minimum absolute atomic E-state index is 0.0337. The van der Waals surface area contributed by atoms with Crippen molar-refractivity contribution < 1.29 is 0 Å². The van der Waals surface area contributed by atoms with Crippen LogP contribution in [0.25, 0.3) is 0 Å². The van der Waals surface area contributed by atoms with Crippen molar-refractivity contribution in [3.63, 3.8) is 0 Å².